The van der Waals surface area contributed by atoms with Crippen LogP contribution >= 0.6 is 0 Å². The van der Waals surface area contributed by atoms with Gasteiger partial charge in [0.1, 0.15) is 0 Å². The van der Waals surface area contributed by atoms with Crippen LogP contribution in [0.15, 0.2) is 24.3 Å². The zero-order valence-corrected chi connectivity index (χ0v) is 10.2. The van der Waals surface area contributed by atoms with Crippen molar-refractivity contribution in [3.63, 3.8) is 0 Å². The normalized spacial score (nSPS) is 17.2. The molecule has 0 unspecified atom stereocenters. The predicted molar refractivity (Wildman–Crippen MR) is 70.2 cm³/mol. The maximum Gasteiger partial charge on any atom is 0.0604 e. The molecule has 0 saturated carbocycles. The lowest BCUT2D eigenvalue weighted by atomic mass is 10.2. The molecule has 0 spiro atoms. The summed E-state index contributed by atoms with van der Waals surface area (Å²) in [5.74, 6) is 0. The first-order valence-electron chi connectivity index (χ1n) is 6.10. The standard InChI is InChI=1S/C13H21N3/c1-3-15-9-11(14)10-16(4-2)13-8-6-5-7-12(13)15/h5-8,11H,3-4,9-10,14H2,1-2H3. The van der Waals surface area contributed by atoms with Gasteiger partial charge in [0.05, 0.1) is 11.4 Å². The van der Waals surface area contributed by atoms with Crippen molar-refractivity contribution in [3.05, 3.63) is 24.3 Å². The first-order valence-corrected chi connectivity index (χ1v) is 6.10. The van der Waals surface area contributed by atoms with Crippen LogP contribution in [-0.4, -0.2) is 32.2 Å². The van der Waals surface area contributed by atoms with Gasteiger partial charge in [-0.1, -0.05) is 12.1 Å². The lowest BCUT2D eigenvalue weighted by molar-refractivity contribution is 0.636. The van der Waals surface area contributed by atoms with Crippen molar-refractivity contribution in [2.75, 3.05) is 36.0 Å². The largest absolute Gasteiger partial charge is 0.369 e. The van der Waals surface area contributed by atoms with Crippen LogP contribution < -0.4 is 15.5 Å². The SMILES string of the molecule is CCN1CC(N)CN(CC)c2ccccc21. The van der Waals surface area contributed by atoms with Gasteiger partial charge in [0.25, 0.3) is 0 Å². The van der Waals surface area contributed by atoms with Crippen LogP contribution in [0.25, 0.3) is 0 Å². The van der Waals surface area contributed by atoms with E-state index in [0.717, 1.165) is 26.2 Å². The fourth-order valence-electron chi connectivity index (χ4n) is 2.42. The molecule has 0 atom stereocenters. The molecule has 0 aliphatic carbocycles. The molecule has 1 heterocycles. The van der Waals surface area contributed by atoms with Crippen molar-refractivity contribution in [1.29, 1.82) is 0 Å². The van der Waals surface area contributed by atoms with Gasteiger partial charge in [0.2, 0.25) is 0 Å². The molecule has 0 aromatic heterocycles. The minimum atomic E-state index is 0.229. The van der Waals surface area contributed by atoms with E-state index in [0.29, 0.717) is 0 Å². The van der Waals surface area contributed by atoms with Crippen molar-refractivity contribution in [1.82, 2.24) is 0 Å². The van der Waals surface area contributed by atoms with E-state index in [9.17, 15) is 0 Å². The molecule has 1 aliphatic heterocycles. The van der Waals surface area contributed by atoms with Crippen molar-refractivity contribution in [3.8, 4) is 0 Å². The summed E-state index contributed by atoms with van der Waals surface area (Å²) in [6.07, 6.45) is 0. The molecule has 1 aromatic carbocycles. The Bertz CT molecular complexity index is 318. The van der Waals surface area contributed by atoms with Gasteiger partial charge >= 0.3 is 0 Å². The molecule has 2 N–H and O–H groups in total. The molecule has 3 nitrogen and oxygen atoms in total. The van der Waals surface area contributed by atoms with E-state index in [-0.39, 0.29) is 6.04 Å². The summed E-state index contributed by atoms with van der Waals surface area (Å²) in [6, 6.07) is 8.82. The van der Waals surface area contributed by atoms with Crippen LogP contribution in [-0.2, 0) is 0 Å². The van der Waals surface area contributed by atoms with Gasteiger partial charge in [-0.2, -0.15) is 0 Å². The fraction of sp³-hybridized carbons (Fsp3) is 0.538. The monoisotopic (exact) mass is 219 g/mol. The molecular formula is C13H21N3. The number of nitrogens with two attached hydrogens (primary N) is 1. The van der Waals surface area contributed by atoms with Gasteiger partial charge in [0.15, 0.2) is 0 Å². The second kappa shape index (κ2) is 4.74. The third-order valence-corrected chi connectivity index (χ3v) is 3.24. The highest BCUT2D eigenvalue weighted by molar-refractivity contribution is 5.72. The lowest BCUT2D eigenvalue weighted by Crippen LogP contribution is -2.42. The van der Waals surface area contributed by atoms with Crippen molar-refractivity contribution < 1.29 is 0 Å². The molecule has 0 radical (unpaired) electrons. The number of hydrogen-bond acceptors (Lipinski definition) is 3. The van der Waals surface area contributed by atoms with E-state index in [1.807, 2.05) is 0 Å². The summed E-state index contributed by atoms with van der Waals surface area (Å²) in [5.41, 5.74) is 8.80. The van der Waals surface area contributed by atoms with Crippen molar-refractivity contribution in [2.24, 2.45) is 5.73 Å². The van der Waals surface area contributed by atoms with Crippen LogP contribution in [0.4, 0.5) is 11.4 Å². The zero-order valence-electron chi connectivity index (χ0n) is 10.2. The Kier molecular flexibility index (Phi) is 3.34. The number of likely N-dealkylation sites (N-methyl/N-ethyl adjacent to an activating group) is 2. The van der Waals surface area contributed by atoms with Crippen molar-refractivity contribution in [2.45, 2.75) is 19.9 Å². The lowest BCUT2D eigenvalue weighted by Gasteiger charge is -2.25. The molecule has 16 heavy (non-hydrogen) atoms. The van der Waals surface area contributed by atoms with E-state index in [1.165, 1.54) is 11.4 Å². The average Bonchev–Trinajstić information content (AvgIpc) is 2.46. The van der Waals surface area contributed by atoms with Gasteiger partial charge in [-0.15, -0.1) is 0 Å². The minimum absolute atomic E-state index is 0.229. The smallest absolute Gasteiger partial charge is 0.0604 e. The number of hydrogen-bond donors (Lipinski definition) is 1. The Morgan fingerprint density at radius 3 is 1.88 bits per heavy atom. The number of para-hydroxylation sites is 2. The van der Waals surface area contributed by atoms with Gasteiger partial charge in [-0.05, 0) is 26.0 Å². The zero-order chi connectivity index (χ0) is 11.5. The van der Waals surface area contributed by atoms with Crippen LogP contribution in [0.5, 0.6) is 0 Å². The first kappa shape index (κ1) is 11.3. The van der Waals surface area contributed by atoms with E-state index in [1.54, 1.807) is 0 Å². The molecular weight excluding hydrogens is 198 g/mol. The summed E-state index contributed by atoms with van der Waals surface area (Å²) in [7, 11) is 0. The van der Waals surface area contributed by atoms with Crippen molar-refractivity contribution >= 4 is 11.4 Å². The van der Waals surface area contributed by atoms with Crippen LogP contribution in [0.2, 0.25) is 0 Å². The second-order valence-electron chi connectivity index (χ2n) is 4.33. The van der Waals surface area contributed by atoms with E-state index >= 15 is 0 Å². The molecule has 0 saturated heterocycles. The summed E-state index contributed by atoms with van der Waals surface area (Å²) < 4.78 is 0. The number of anilines is 2. The molecule has 1 aromatic rings. The summed E-state index contributed by atoms with van der Waals surface area (Å²) in [4.78, 5) is 4.74. The predicted octanol–water partition coefficient (Wildman–Crippen LogP) is 1.68. The highest BCUT2D eigenvalue weighted by Gasteiger charge is 2.22. The molecule has 2 rings (SSSR count). The first-order chi connectivity index (χ1) is 7.76. The highest BCUT2D eigenvalue weighted by Crippen LogP contribution is 2.31. The average molecular weight is 219 g/mol. The third-order valence-electron chi connectivity index (χ3n) is 3.24. The number of nitrogens with zero attached hydrogens (tertiary/aromatic N) is 2. The van der Waals surface area contributed by atoms with Crippen LogP contribution in [0, 0.1) is 0 Å². The topological polar surface area (TPSA) is 32.5 Å². The quantitative estimate of drug-likeness (QED) is 0.821. The third kappa shape index (κ3) is 2.00. The van der Waals surface area contributed by atoms with Gasteiger partial charge in [-0.25, -0.2) is 0 Å². The highest BCUT2D eigenvalue weighted by atomic mass is 15.2. The van der Waals surface area contributed by atoms with Gasteiger partial charge in [-0.3, -0.25) is 0 Å². The van der Waals surface area contributed by atoms with Crippen LogP contribution in [0.1, 0.15) is 13.8 Å². The molecule has 0 fully saturated rings. The fourth-order valence-corrected chi connectivity index (χ4v) is 2.42. The Labute approximate surface area is 97.8 Å². The minimum Gasteiger partial charge on any atom is -0.369 e. The molecule has 0 bridgehead atoms. The Morgan fingerprint density at radius 2 is 1.50 bits per heavy atom. The Balaban J connectivity index is 2.42. The maximum atomic E-state index is 6.16. The molecule has 1 aliphatic rings. The molecule has 3 heteroatoms. The second-order valence-corrected chi connectivity index (χ2v) is 4.33. The molecule has 88 valence electrons. The summed E-state index contributed by atoms with van der Waals surface area (Å²) >= 11 is 0. The molecule has 0 amide bonds. The Hall–Kier alpha value is -1.22. The van der Waals surface area contributed by atoms with E-state index in [4.69, 9.17) is 5.73 Å². The summed E-state index contributed by atoms with van der Waals surface area (Å²) in [5, 5.41) is 0. The number of benzene rings is 1. The van der Waals surface area contributed by atoms with Gasteiger partial charge < -0.3 is 15.5 Å². The summed E-state index contributed by atoms with van der Waals surface area (Å²) in [6.45, 7) is 8.30. The van der Waals surface area contributed by atoms with Crippen LogP contribution in [0.3, 0.4) is 0 Å². The van der Waals surface area contributed by atoms with Gasteiger partial charge in [0, 0.05) is 32.2 Å². The number of rotatable bonds is 2. The van der Waals surface area contributed by atoms with E-state index < -0.39 is 0 Å². The number of fused-ring (bicyclic) bond motifs is 1. The Morgan fingerprint density at radius 1 is 1.06 bits per heavy atom. The van der Waals surface area contributed by atoms with E-state index in [2.05, 4.69) is 47.9 Å². The maximum absolute atomic E-state index is 6.16.